The number of amides is 2. The van der Waals surface area contributed by atoms with Gasteiger partial charge in [-0.15, -0.1) is 0 Å². The van der Waals surface area contributed by atoms with Crippen LogP contribution in [-0.4, -0.2) is 24.3 Å². The van der Waals surface area contributed by atoms with Crippen LogP contribution in [0.3, 0.4) is 0 Å². The largest absolute Gasteiger partial charge is 0.395 e. The number of carbonyl (C=O) groups is 1. The fraction of sp³-hybridized carbons (Fsp3) is 0.800. The first-order valence-corrected chi connectivity index (χ1v) is 2.91. The first-order chi connectivity index (χ1) is 4.27. The highest BCUT2D eigenvalue weighted by Crippen LogP contribution is 1.52. The van der Waals surface area contributed by atoms with Crippen molar-refractivity contribution in [1.29, 1.82) is 0 Å². The molecule has 4 nitrogen and oxygen atoms in total. The lowest BCUT2D eigenvalue weighted by Crippen LogP contribution is -2.31. The molecule has 0 bridgehead atoms. The molecule has 4 heteroatoms. The standard InChI is InChI=1S/C3H8N2O2.C2H6/c4-3(7)5-1-2-6;1-2/h6H,1-2H2,(H3,4,5,7);1-2H3. The lowest BCUT2D eigenvalue weighted by molar-refractivity contribution is 0.242. The Morgan fingerprint density at radius 2 is 2.11 bits per heavy atom. The van der Waals surface area contributed by atoms with Crippen molar-refractivity contribution in [3.8, 4) is 0 Å². The number of nitrogens with one attached hydrogen (secondary N) is 1. The van der Waals surface area contributed by atoms with E-state index in [4.69, 9.17) is 5.11 Å². The summed E-state index contributed by atoms with van der Waals surface area (Å²) >= 11 is 0. The van der Waals surface area contributed by atoms with Gasteiger partial charge in [0.2, 0.25) is 0 Å². The molecule has 9 heavy (non-hydrogen) atoms. The van der Waals surface area contributed by atoms with Gasteiger partial charge < -0.3 is 16.2 Å². The number of nitrogens with two attached hydrogens (primary N) is 1. The van der Waals surface area contributed by atoms with Gasteiger partial charge in [-0.1, -0.05) is 13.8 Å². The Bertz CT molecular complexity index is 66.0. The van der Waals surface area contributed by atoms with E-state index in [9.17, 15) is 4.79 Å². The predicted molar refractivity (Wildman–Crippen MR) is 36.0 cm³/mol. The van der Waals surface area contributed by atoms with E-state index in [0.717, 1.165) is 0 Å². The van der Waals surface area contributed by atoms with Crippen LogP contribution in [0.15, 0.2) is 0 Å². The summed E-state index contributed by atoms with van der Waals surface area (Å²) in [7, 11) is 0. The minimum Gasteiger partial charge on any atom is -0.395 e. The highest BCUT2D eigenvalue weighted by molar-refractivity contribution is 5.71. The molecule has 0 aliphatic carbocycles. The van der Waals surface area contributed by atoms with Crippen LogP contribution in [-0.2, 0) is 0 Å². The first kappa shape index (κ1) is 11.1. The molecule has 2 amide bonds. The lowest BCUT2D eigenvalue weighted by Gasteiger charge is -1.92. The minimum atomic E-state index is -0.603. The Morgan fingerprint density at radius 1 is 1.67 bits per heavy atom. The maximum atomic E-state index is 9.76. The van der Waals surface area contributed by atoms with Crippen molar-refractivity contribution >= 4 is 6.03 Å². The number of urea groups is 1. The van der Waals surface area contributed by atoms with Crippen molar-refractivity contribution in [1.82, 2.24) is 5.32 Å². The van der Waals surface area contributed by atoms with Gasteiger partial charge in [0.25, 0.3) is 0 Å². The average molecular weight is 134 g/mol. The quantitative estimate of drug-likeness (QED) is 0.484. The Morgan fingerprint density at radius 3 is 2.22 bits per heavy atom. The molecule has 0 aromatic heterocycles. The number of hydrogen-bond donors (Lipinski definition) is 3. The molecule has 0 heterocycles. The third kappa shape index (κ3) is 19.0. The molecule has 0 aromatic carbocycles. The number of aliphatic hydroxyl groups is 1. The topological polar surface area (TPSA) is 75.4 Å². The van der Waals surface area contributed by atoms with E-state index in [1.807, 2.05) is 13.8 Å². The van der Waals surface area contributed by atoms with E-state index in [1.54, 1.807) is 0 Å². The molecule has 0 aliphatic heterocycles. The summed E-state index contributed by atoms with van der Waals surface area (Å²) in [5.41, 5.74) is 4.62. The highest BCUT2D eigenvalue weighted by Gasteiger charge is 1.84. The second kappa shape index (κ2) is 10.3. The summed E-state index contributed by atoms with van der Waals surface area (Å²) < 4.78 is 0. The summed E-state index contributed by atoms with van der Waals surface area (Å²) in [4.78, 5) is 9.76. The van der Waals surface area contributed by atoms with Gasteiger partial charge >= 0.3 is 6.03 Å². The molecule has 56 valence electrons. The average Bonchev–Trinajstić information content (AvgIpc) is 1.88. The van der Waals surface area contributed by atoms with Crippen molar-refractivity contribution in [2.75, 3.05) is 13.2 Å². The van der Waals surface area contributed by atoms with Crippen LogP contribution in [0.5, 0.6) is 0 Å². The van der Waals surface area contributed by atoms with Crippen LogP contribution in [0.4, 0.5) is 4.79 Å². The van der Waals surface area contributed by atoms with E-state index < -0.39 is 6.03 Å². The third-order valence-electron chi connectivity index (χ3n) is 0.411. The zero-order chi connectivity index (χ0) is 7.70. The molecule has 0 fully saturated rings. The second-order valence-electron chi connectivity index (χ2n) is 1.01. The lowest BCUT2D eigenvalue weighted by atomic mass is 10.7. The molecule has 0 rings (SSSR count). The molecule has 0 aromatic rings. The smallest absolute Gasteiger partial charge is 0.312 e. The van der Waals surface area contributed by atoms with Crippen LogP contribution >= 0.6 is 0 Å². The van der Waals surface area contributed by atoms with Gasteiger partial charge in [-0.2, -0.15) is 0 Å². The Kier molecular flexibility index (Phi) is 12.6. The van der Waals surface area contributed by atoms with Gasteiger partial charge in [-0.05, 0) is 0 Å². The molecule has 4 N–H and O–H groups in total. The van der Waals surface area contributed by atoms with Crippen LogP contribution < -0.4 is 11.1 Å². The normalized spacial score (nSPS) is 7.00. The van der Waals surface area contributed by atoms with Gasteiger partial charge in [0, 0.05) is 6.54 Å². The van der Waals surface area contributed by atoms with Crippen LogP contribution in [0.2, 0.25) is 0 Å². The maximum absolute atomic E-state index is 9.76. The van der Waals surface area contributed by atoms with Crippen LogP contribution in [0.1, 0.15) is 13.8 Å². The minimum absolute atomic E-state index is 0.0665. The van der Waals surface area contributed by atoms with E-state index in [1.165, 1.54) is 0 Å². The van der Waals surface area contributed by atoms with Crippen LogP contribution in [0.25, 0.3) is 0 Å². The van der Waals surface area contributed by atoms with Gasteiger partial charge in [0.05, 0.1) is 6.61 Å². The van der Waals surface area contributed by atoms with Crippen molar-refractivity contribution in [3.63, 3.8) is 0 Å². The maximum Gasteiger partial charge on any atom is 0.312 e. The summed E-state index contributed by atoms with van der Waals surface area (Å²) in [6.07, 6.45) is 0. The molecule has 0 saturated carbocycles. The van der Waals surface area contributed by atoms with Gasteiger partial charge in [-0.3, -0.25) is 0 Å². The first-order valence-electron chi connectivity index (χ1n) is 2.91. The Balaban J connectivity index is 0. The fourth-order valence-corrected chi connectivity index (χ4v) is 0.179. The van der Waals surface area contributed by atoms with E-state index >= 15 is 0 Å². The molecule has 0 atom stereocenters. The number of hydrogen-bond acceptors (Lipinski definition) is 2. The molecule has 0 aliphatic rings. The predicted octanol–water partition coefficient (Wildman–Crippen LogP) is -0.327. The fourth-order valence-electron chi connectivity index (χ4n) is 0.179. The summed E-state index contributed by atoms with van der Waals surface area (Å²) in [6.45, 7) is 4.16. The molecule has 0 spiro atoms. The molecule has 0 radical (unpaired) electrons. The van der Waals surface area contributed by atoms with Crippen molar-refractivity contribution < 1.29 is 9.90 Å². The Labute approximate surface area is 55.1 Å². The molecular weight excluding hydrogens is 120 g/mol. The zero-order valence-corrected chi connectivity index (χ0v) is 5.85. The van der Waals surface area contributed by atoms with Crippen molar-refractivity contribution in [2.24, 2.45) is 5.73 Å². The number of rotatable bonds is 2. The molecule has 0 unspecified atom stereocenters. The Hall–Kier alpha value is -0.770. The van der Waals surface area contributed by atoms with Gasteiger partial charge in [0.1, 0.15) is 0 Å². The van der Waals surface area contributed by atoms with Gasteiger partial charge in [-0.25, -0.2) is 4.79 Å². The highest BCUT2D eigenvalue weighted by atomic mass is 16.3. The number of aliphatic hydroxyl groups excluding tert-OH is 1. The van der Waals surface area contributed by atoms with Crippen molar-refractivity contribution in [2.45, 2.75) is 13.8 Å². The summed E-state index contributed by atoms with van der Waals surface area (Å²) in [5.74, 6) is 0. The second-order valence-corrected chi connectivity index (χ2v) is 1.01. The number of primary amides is 1. The van der Waals surface area contributed by atoms with E-state index in [0.29, 0.717) is 0 Å². The SMILES string of the molecule is CC.NC(=O)NCCO. The molecule has 0 saturated heterocycles. The molecular formula is C5H14N2O2. The van der Waals surface area contributed by atoms with Gasteiger partial charge in [0.15, 0.2) is 0 Å². The van der Waals surface area contributed by atoms with E-state index in [-0.39, 0.29) is 13.2 Å². The zero-order valence-electron chi connectivity index (χ0n) is 5.85. The monoisotopic (exact) mass is 134 g/mol. The summed E-state index contributed by atoms with van der Waals surface area (Å²) in [6, 6.07) is -0.603. The summed E-state index contributed by atoms with van der Waals surface area (Å²) in [5, 5.41) is 10.2. The van der Waals surface area contributed by atoms with Crippen molar-refractivity contribution in [3.05, 3.63) is 0 Å². The van der Waals surface area contributed by atoms with E-state index in [2.05, 4.69) is 11.1 Å². The van der Waals surface area contributed by atoms with Crippen LogP contribution in [0, 0.1) is 0 Å². The number of carbonyl (C=O) groups excluding carboxylic acids is 1. The third-order valence-corrected chi connectivity index (χ3v) is 0.411.